The summed E-state index contributed by atoms with van der Waals surface area (Å²) >= 11 is 0. The summed E-state index contributed by atoms with van der Waals surface area (Å²) in [5.41, 5.74) is 5.20. The van der Waals surface area contributed by atoms with Crippen LogP contribution in [0.3, 0.4) is 0 Å². The zero-order chi connectivity index (χ0) is 15.2. The van der Waals surface area contributed by atoms with E-state index in [2.05, 4.69) is 0 Å². The van der Waals surface area contributed by atoms with Crippen molar-refractivity contribution in [1.29, 1.82) is 0 Å². The Kier molecular flexibility index (Phi) is 6.10. The number of carbonyl (C=O) groups is 1. The molecule has 2 N–H and O–H groups in total. The van der Waals surface area contributed by atoms with Crippen LogP contribution < -0.4 is 10.6 Å². The number of para-hydroxylation sites is 1. The van der Waals surface area contributed by atoms with Gasteiger partial charge in [0.15, 0.2) is 0 Å². The first kappa shape index (κ1) is 16.6. The van der Waals surface area contributed by atoms with E-state index >= 15 is 0 Å². The maximum atomic E-state index is 13.9. The largest absolute Gasteiger partial charge is 0.378 e. The maximum absolute atomic E-state index is 13.9. The summed E-state index contributed by atoms with van der Waals surface area (Å²) in [5.74, 6) is -0.580. The van der Waals surface area contributed by atoms with Crippen LogP contribution in [0.25, 0.3) is 0 Å². The quantitative estimate of drug-likeness (QED) is 0.835. The van der Waals surface area contributed by atoms with Gasteiger partial charge in [-0.05, 0) is 38.9 Å². The number of halogens is 1. The van der Waals surface area contributed by atoms with E-state index in [9.17, 15) is 9.18 Å². The van der Waals surface area contributed by atoms with Crippen molar-refractivity contribution in [2.24, 2.45) is 5.73 Å². The minimum atomic E-state index is -0.580. The van der Waals surface area contributed by atoms with Gasteiger partial charge >= 0.3 is 0 Å². The molecule has 112 valence electrons. The lowest BCUT2D eigenvalue weighted by atomic mass is 10.0. The molecule has 0 aromatic heterocycles. The van der Waals surface area contributed by atoms with E-state index in [1.165, 1.54) is 11.0 Å². The maximum Gasteiger partial charge on any atom is 0.229 e. The summed E-state index contributed by atoms with van der Waals surface area (Å²) < 4.78 is 19.1. The van der Waals surface area contributed by atoms with Crippen LogP contribution in [0.15, 0.2) is 24.3 Å². The van der Waals surface area contributed by atoms with Gasteiger partial charge in [0.2, 0.25) is 5.91 Å². The van der Waals surface area contributed by atoms with Gasteiger partial charge in [-0.2, -0.15) is 0 Å². The number of anilines is 1. The fraction of sp³-hybridized carbons (Fsp3) is 0.533. The summed E-state index contributed by atoms with van der Waals surface area (Å²) in [6, 6.07) is 6.26. The smallest absolute Gasteiger partial charge is 0.229 e. The van der Waals surface area contributed by atoms with Gasteiger partial charge in [0, 0.05) is 13.7 Å². The second kappa shape index (κ2) is 7.36. The van der Waals surface area contributed by atoms with E-state index in [-0.39, 0.29) is 18.0 Å². The van der Waals surface area contributed by atoms with E-state index in [0.29, 0.717) is 19.5 Å². The molecular weight excluding hydrogens is 259 g/mol. The summed E-state index contributed by atoms with van der Waals surface area (Å²) in [6.45, 7) is 4.50. The zero-order valence-electron chi connectivity index (χ0n) is 12.4. The molecule has 0 spiro atoms. The molecule has 0 bridgehead atoms. The van der Waals surface area contributed by atoms with Crippen molar-refractivity contribution in [3.05, 3.63) is 30.1 Å². The lowest BCUT2D eigenvalue weighted by Gasteiger charge is -2.28. The number of carbonyl (C=O) groups excluding carboxylic acids is 1. The first-order valence-corrected chi connectivity index (χ1v) is 6.71. The lowest BCUT2D eigenvalue weighted by molar-refractivity contribution is -0.123. The van der Waals surface area contributed by atoms with Gasteiger partial charge in [-0.3, -0.25) is 4.79 Å². The Balaban J connectivity index is 2.95. The summed E-state index contributed by atoms with van der Waals surface area (Å²) in [6.07, 6.45) is 0.801. The Morgan fingerprint density at radius 2 is 2.05 bits per heavy atom. The SMILES string of the molecule is COC(C)(C)CC(=O)N(CCCN)c1ccccc1F. The minimum absolute atomic E-state index is 0.171. The number of rotatable bonds is 7. The Bertz CT molecular complexity index is 449. The third-order valence-corrected chi connectivity index (χ3v) is 3.16. The van der Waals surface area contributed by atoms with Gasteiger partial charge in [0.25, 0.3) is 0 Å². The Labute approximate surface area is 119 Å². The number of benzene rings is 1. The Morgan fingerprint density at radius 3 is 2.60 bits per heavy atom. The van der Waals surface area contributed by atoms with E-state index in [1.807, 2.05) is 13.8 Å². The van der Waals surface area contributed by atoms with Gasteiger partial charge in [-0.15, -0.1) is 0 Å². The van der Waals surface area contributed by atoms with Crippen molar-refractivity contribution in [3.8, 4) is 0 Å². The van der Waals surface area contributed by atoms with E-state index in [0.717, 1.165) is 0 Å². The molecule has 4 nitrogen and oxygen atoms in total. The van der Waals surface area contributed by atoms with E-state index < -0.39 is 11.4 Å². The van der Waals surface area contributed by atoms with Crippen LogP contribution in [0.4, 0.5) is 10.1 Å². The molecule has 0 aliphatic rings. The van der Waals surface area contributed by atoms with Crippen molar-refractivity contribution in [2.75, 3.05) is 25.1 Å². The molecule has 0 aliphatic heterocycles. The number of hydrogen-bond donors (Lipinski definition) is 1. The summed E-state index contributed by atoms with van der Waals surface area (Å²) in [4.78, 5) is 13.9. The van der Waals surface area contributed by atoms with Crippen LogP contribution in [-0.2, 0) is 9.53 Å². The lowest BCUT2D eigenvalue weighted by Crippen LogP contribution is -2.39. The van der Waals surface area contributed by atoms with Crippen molar-refractivity contribution >= 4 is 11.6 Å². The average Bonchev–Trinajstić information content (AvgIpc) is 2.40. The predicted octanol–water partition coefficient (Wildman–Crippen LogP) is 2.32. The van der Waals surface area contributed by atoms with Crippen LogP contribution >= 0.6 is 0 Å². The fourth-order valence-electron chi connectivity index (χ4n) is 1.83. The number of nitrogens with zero attached hydrogens (tertiary/aromatic N) is 1. The van der Waals surface area contributed by atoms with Crippen LogP contribution in [0, 0.1) is 5.82 Å². The molecule has 1 rings (SSSR count). The summed E-state index contributed by atoms with van der Waals surface area (Å²) in [5, 5.41) is 0. The highest BCUT2D eigenvalue weighted by Gasteiger charge is 2.26. The highest BCUT2D eigenvalue weighted by Crippen LogP contribution is 2.22. The normalized spacial score (nSPS) is 11.4. The molecule has 5 heteroatoms. The molecule has 0 saturated heterocycles. The van der Waals surface area contributed by atoms with E-state index in [1.54, 1.807) is 25.3 Å². The van der Waals surface area contributed by atoms with Crippen LogP contribution in [0.2, 0.25) is 0 Å². The molecule has 0 heterocycles. The van der Waals surface area contributed by atoms with E-state index in [4.69, 9.17) is 10.5 Å². The molecule has 1 aromatic carbocycles. The van der Waals surface area contributed by atoms with Crippen LogP contribution in [-0.4, -0.2) is 31.7 Å². The summed E-state index contributed by atoms with van der Waals surface area (Å²) in [7, 11) is 1.56. The molecule has 0 radical (unpaired) electrons. The minimum Gasteiger partial charge on any atom is -0.378 e. The van der Waals surface area contributed by atoms with Gasteiger partial charge in [-0.1, -0.05) is 12.1 Å². The number of amides is 1. The average molecular weight is 282 g/mol. The van der Waals surface area contributed by atoms with Gasteiger partial charge in [-0.25, -0.2) is 4.39 Å². The molecule has 1 amide bonds. The van der Waals surface area contributed by atoms with Crippen LogP contribution in [0.5, 0.6) is 0 Å². The fourth-order valence-corrected chi connectivity index (χ4v) is 1.83. The van der Waals surface area contributed by atoms with Gasteiger partial charge < -0.3 is 15.4 Å². The molecule has 0 aliphatic carbocycles. The first-order valence-electron chi connectivity index (χ1n) is 6.71. The molecule has 1 aromatic rings. The Morgan fingerprint density at radius 1 is 1.40 bits per heavy atom. The van der Waals surface area contributed by atoms with Crippen molar-refractivity contribution in [2.45, 2.75) is 32.3 Å². The second-order valence-corrected chi connectivity index (χ2v) is 5.28. The third kappa shape index (κ3) is 4.58. The molecule has 0 unspecified atom stereocenters. The number of ether oxygens (including phenoxy) is 1. The highest BCUT2D eigenvalue weighted by molar-refractivity contribution is 5.94. The second-order valence-electron chi connectivity index (χ2n) is 5.28. The molecular formula is C15H23FN2O2. The molecule has 0 saturated carbocycles. The third-order valence-electron chi connectivity index (χ3n) is 3.16. The number of nitrogens with two attached hydrogens (primary N) is 1. The Hall–Kier alpha value is -1.46. The zero-order valence-corrected chi connectivity index (χ0v) is 12.4. The van der Waals surface area contributed by atoms with Gasteiger partial charge in [0.1, 0.15) is 5.82 Å². The van der Waals surface area contributed by atoms with Gasteiger partial charge in [0.05, 0.1) is 17.7 Å². The van der Waals surface area contributed by atoms with Crippen LogP contribution in [0.1, 0.15) is 26.7 Å². The highest BCUT2D eigenvalue weighted by atomic mass is 19.1. The molecule has 0 atom stereocenters. The van der Waals surface area contributed by atoms with Crippen molar-refractivity contribution in [1.82, 2.24) is 0 Å². The van der Waals surface area contributed by atoms with Crippen molar-refractivity contribution < 1.29 is 13.9 Å². The standard InChI is InChI=1S/C15H23FN2O2/c1-15(2,20-3)11-14(19)18(10-6-9-17)13-8-5-4-7-12(13)16/h4-5,7-8H,6,9-11,17H2,1-3H3. The predicted molar refractivity (Wildman–Crippen MR) is 78.1 cm³/mol. The molecule has 0 fully saturated rings. The molecule has 20 heavy (non-hydrogen) atoms. The monoisotopic (exact) mass is 282 g/mol. The first-order chi connectivity index (χ1) is 9.41. The van der Waals surface area contributed by atoms with Crippen molar-refractivity contribution in [3.63, 3.8) is 0 Å². The topological polar surface area (TPSA) is 55.6 Å². The number of methoxy groups -OCH3 is 1. The number of hydrogen-bond acceptors (Lipinski definition) is 3.